The predicted octanol–water partition coefficient (Wildman–Crippen LogP) is 1.19. The van der Waals surface area contributed by atoms with Crippen LogP contribution in [0.5, 0.6) is 0 Å². The van der Waals surface area contributed by atoms with Crippen LogP contribution in [0.4, 0.5) is 0 Å². The maximum absolute atomic E-state index is 12.0. The van der Waals surface area contributed by atoms with Gasteiger partial charge in [0.15, 0.2) is 0 Å². The summed E-state index contributed by atoms with van der Waals surface area (Å²) in [5.41, 5.74) is 5.48. The van der Waals surface area contributed by atoms with Gasteiger partial charge in [0.1, 0.15) is 0 Å². The summed E-state index contributed by atoms with van der Waals surface area (Å²) in [4.78, 5) is 25.6. The number of carbonyl (C=O) groups excluding carboxylic acids is 2. The second kappa shape index (κ2) is 4.53. The number of imide groups is 1. The maximum atomic E-state index is 12.0. The Labute approximate surface area is 96.2 Å². The molecule has 0 aromatic rings. The van der Waals surface area contributed by atoms with Crippen LogP contribution in [0.1, 0.15) is 51.4 Å². The molecule has 0 radical (unpaired) electrons. The lowest BCUT2D eigenvalue weighted by molar-refractivity contribution is -0.151. The minimum absolute atomic E-state index is 0.00477. The highest BCUT2D eigenvalue weighted by atomic mass is 16.2. The van der Waals surface area contributed by atoms with Gasteiger partial charge in [0.25, 0.3) is 0 Å². The number of likely N-dealkylation sites (tertiary alicyclic amines) is 1. The summed E-state index contributed by atoms with van der Waals surface area (Å²) in [7, 11) is 0. The third kappa shape index (κ3) is 1.86. The molecule has 2 N–H and O–H groups in total. The van der Waals surface area contributed by atoms with E-state index in [1.54, 1.807) is 0 Å². The lowest BCUT2D eigenvalue weighted by atomic mass is 9.94. The second-order valence-corrected chi connectivity index (χ2v) is 4.97. The van der Waals surface area contributed by atoms with Crippen LogP contribution in [0.3, 0.4) is 0 Å². The van der Waals surface area contributed by atoms with E-state index in [1.165, 1.54) is 4.90 Å². The van der Waals surface area contributed by atoms with Crippen LogP contribution in [-0.2, 0) is 9.59 Å². The number of amides is 2. The van der Waals surface area contributed by atoms with Crippen molar-refractivity contribution in [2.75, 3.05) is 6.54 Å². The summed E-state index contributed by atoms with van der Waals surface area (Å²) in [5.74, 6) is -0.00954. The molecule has 0 unspecified atom stereocenters. The van der Waals surface area contributed by atoms with E-state index < -0.39 is 0 Å². The Morgan fingerprint density at radius 2 is 1.50 bits per heavy atom. The van der Waals surface area contributed by atoms with Gasteiger partial charge in [0, 0.05) is 19.4 Å². The van der Waals surface area contributed by atoms with Crippen LogP contribution in [-0.4, -0.2) is 28.8 Å². The van der Waals surface area contributed by atoms with Gasteiger partial charge in [-0.1, -0.05) is 12.8 Å². The first kappa shape index (κ1) is 11.6. The van der Waals surface area contributed by atoms with Crippen molar-refractivity contribution < 1.29 is 9.59 Å². The molecule has 0 spiro atoms. The average molecular weight is 224 g/mol. The smallest absolute Gasteiger partial charge is 0.229 e. The van der Waals surface area contributed by atoms with Crippen molar-refractivity contribution in [1.29, 1.82) is 0 Å². The number of rotatable bonds is 2. The van der Waals surface area contributed by atoms with Crippen molar-refractivity contribution in [2.45, 2.75) is 56.9 Å². The molecule has 2 amide bonds. The first-order chi connectivity index (χ1) is 7.69. The Kier molecular flexibility index (Phi) is 3.28. The molecule has 0 bridgehead atoms. The normalized spacial score (nSPS) is 25.9. The first-order valence-electron chi connectivity index (χ1n) is 6.26. The van der Waals surface area contributed by atoms with Gasteiger partial charge >= 0.3 is 0 Å². The molecular formula is C12H20N2O2. The van der Waals surface area contributed by atoms with Crippen LogP contribution in [0.15, 0.2) is 0 Å². The average Bonchev–Trinajstić information content (AvgIpc) is 2.68. The van der Waals surface area contributed by atoms with Gasteiger partial charge in [-0.05, 0) is 25.7 Å². The standard InChI is InChI=1S/C12H20N2O2/c13-9-12(7-3-4-8-12)14-10(15)5-1-2-6-11(14)16/h1-9,13H2. The number of nitrogens with two attached hydrogens (primary N) is 1. The van der Waals surface area contributed by atoms with Crippen molar-refractivity contribution >= 4 is 11.8 Å². The molecule has 1 aliphatic heterocycles. The minimum atomic E-state index is -0.349. The Morgan fingerprint density at radius 3 is 1.94 bits per heavy atom. The summed E-state index contributed by atoms with van der Waals surface area (Å²) in [5, 5.41) is 0. The largest absolute Gasteiger partial charge is 0.328 e. The molecule has 0 aromatic carbocycles. The molecule has 4 heteroatoms. The van der Waals surface area contributed by atoms with E-state index in [-0.39, 0.29) is 17.4 Å². The molecule has 1 aliphatic carbocycles. The summed E-state index contributed by atoms with van der Waals surface area (Å²) in [6, 6.07) is 0. The zero-order chi connectivity index (χ0) is 11.6. The summed E-state index contributed by atoms with van der Waals surface area (Å²) in [6.07, 6.45) is 6.62. The lowest BCUT2D eigenvalue weighted by Crippen LogP contribution is -2.56. The van der Waals surface area contributed by atoms with E-state index >= 15 is 0 Å². The van der Waals surface area contributed by atoms with E-state index in [0.29, 0.717) is 19.4 Å². The lowest BCUT2D eigenvalue weighted by Gasteiger charge is -2.38. The Balaban J connectivity index is 2.26. The van der Waals surface area contributed by atoms with Crippen LogP contribution in [0.2, 0.25) is 0 Å². The molecule has 1 saturated heterocycles. The first-order valence-corrected chi connectivity index (χ1v) is 6.26. The molecule has 0 aromatic heterocycles. The Hall–Kier alpha value is -0.900. The highest BCUT2D eigenvalue weighted by molar-refractivity contribution is 5.97. The molecule has 2 rings (SSSR count). The van der Waals surface area contributed by atoms with E-state index in [9.17, 15) is 9.59 Å². The van der Waals surface area contributed by atoms with Crippen LogP contribution >= 0.6 is 0 Å². The number of hydrogen-bond acceptors (Lipinski definition) is 3. The number of carbonyl (C=O) groups is 2. The molecule has 2 aliphatic rings. The van der Waals surface area contributed by atoms with E-state index in [4.69, 9.17) is 5.73 Å². The van der Waals surface area contributed by atoms with Gasteiger partial charge in [0.05, 0.1) is 5.54 Å². The molecule has 1 saturated carbocycles. The predicted molar refractivity (Wildman–Crippen MR) is 60.6 cm³/mol. The van der Waals surface area contributed by atoms with Gasteiger partial charge in [-0.15, -0.1) is 0 Å². The van der Waals surface area contributed by atoms with Crippen molar-refractivity contribution in [3.63, 3.8) is 0 Å². The molecule has 1 heterocycles. The van der Waals surface area contributed by atoms with Crippen molar-refractivity contribution in [2.24, 2.45) is 5.73 Å². The van der Waals surface area contributed by atoms with E-state index in [0.717, 1.165) is 38.5 Å². The summed E-state index contributed by atoms with van der Waals surface area (Å²) < 4.78 is 0. The van der Waals surface area contributed by atoms with E-state index in [2.05, 4.69) is 0 Å². The number of hydrogen-bond donors (Lipinski definition) is 1. The minimum Gasteiger partial charge on any atom is -0.328 e. The molecule has 0 atom stereocenters. The third-order valence-electron chi connectivity index (χ3n) is 3.92. The van der Waals surface area contributed by atoms with Crippen LogP contribution in [0.25, 0.3) is 0 Å². The summed E-state index contributed by atoms with van der Waals surface area (Å²) >= 11 is 0. The molecule has 16 heavy (non-hydrogen) atoms. The van der Waals surface area contributed by atoms with Gasteiger partial charge < -0.3 is 5.73 Å². The van der Waals surface area contributed by atoms with Crippen LogP contribution in [0, 0.1) is 0 Å². The fraction of sp³-hybridized carbons (Fsp3) is 0.833. The fourth-order valence-corrected chi connectivity index (χ4v) is 3.00. The highest BCUT2D eigenvalue weighted by Gasteiger charge is 2.44. The molecule has 4 nitrogen and oxygen atoms in total. The third-order valence-corrected chi connectivity index (χ3v) is 3.92. The maximum Gasteiger partial charge on any atom is 0.229 e. The fourth-order valence-electron chi connectivity index (χ4n) is 3.00. The van der Waals surface area contributed by atoms with Crippen LogP contribution < -0.4 is 5.73 Å². The van der Waals surface area contributed by atoms with Gasteiger partial charge in [-0.2, -0.15) is 0 Å². The highest BCUT2D eigenvalue weighted by Crippen LogP contribution is 2.36. The zero-order valence-electron chi connectivity index (χ0n) is 9.71. The topological polar surface area (TPSA) is 63.4 Å². The van der Waals surface area contributed by atoms with Gasteiger partial charge in [0.2, 0.25) is 11.8 Å². The quantitative estimate of drug-likeness (QED) is 0.716. The Morgan fingerprint density at radius 1 is 1.00 bits per heavy atom. The van der Waals surface area contributed by atoms with Gasteiger partial charge in [-0.3, -0.25) is 14.5 Å². The molecule has 2 fully saturated rings. The van der Waals surface area contributed by atoms with E-state index in [1.807, 2.05) is 0 Å². The van der Waals surface area contributed by atoms with Crippen molar-refractivity contribution in [3.8, 4) is 0 Å². The number of nitrogens with zero attached hydrogens (tertiary/aromatic N) is 1. The Bertz CT molecular complexity index is 277. The molecular weight excluding hydrogens is 204 g/mol. The summed E-state index contributed by atoms with van der Waals surface area (Å²) in [6.45, 7) is 0.421. The monoisotopic (exact) mass is 224 g/mol. The SMILES string of the molecule is NCC1(N2C(=O)CCCCC2=O)CCCC1. The van der Waals surface area contributed by atoms with Gasteiger partial charge in [-0.25, -0.2) is 0 Å². The zero-order valence-corrected chi connectivity index (χ0v) is 9.71. The van der Waals surface area contributed by atoms with Crippen molar-refractivity contribution in [1.82, 2.24) is 4.90 Å². The molecule has 90 valence electrons. The van der Waals surface area contributed by atoms with Crippen molar-refractivity contribution in [3.05, 3.63) is 0 Å². The second-order valence-electron chi connectivity index (χ2n) is 4.97.